The molecule has 0 aliphatic heterocycles. The number of amides is 2. The van der Waals surface area contributed by atoms with Gasteiger partial charge in [-0.3, -0.25) is 4.79 Å². The molecule has 0 atom stereocenters. The van der Waals surface area contributed by atoms with Crippen LogP contribution in [0.2, 0.25) is 0 Å². The molecule has 104 valence electrons. The third-order valence-electron chi connectivity index (χ3n) is 1.82. The van der Waals surface area contributed by atoms with E-state index in [0.29, 0.717) is 6.42 Å². The number of nitrogens with two attached hydrogens (primary N) is 2. The van der Waals surface area contributed by atoms with Gasteiger partial charge >= 0.3 is 12.2 Å². The Labute approximate surface area is 105 Å². The van der Waals surface area contributed by atoms with Crippen LogP contribution in [0.1, 0.15) is 33.6 Å². The van der Waals surface area contributed by atoms with E-state index >= 15 is 0 Å². The summed E-state index contributed by atoms with van der Waals surface area (Å²) in [5, 5.41) is 14.4. The molecule has 0 aromatic heterocycles. The van der Waals surface area contributed by atoms with Gasteiger partial charge in [0.1, 0.15) is 0 Å². The quantitative estimate of drug-likeness (QED) is 0.522. The Morgan fingerprint density at radius 1 is 1.17 bits per heavy atom. The summed E-state index contributed by atoms with van der Waals surface area (Å²) < 4.78 is 0. The van der Waals surface area contributed by atoms with Gasteiger partial charge in [0.2, 0.25) is 0 Å². The lowest BCUT2D eigenvalue weighted by Gasteiger charge is -2.27. The number of allylic oxidation sites excluding steroid dienone is 2. The molecular weight excluding hydrogens is 240 g/mol. The molecule has 0 radical (unpaired) electrons. The fourth-order valence-electron chi connectivity index (χ4n) is 1.67. The van der Waals surface area contributed by atoms with Gasteiger partial charge in [0.25, 0.3) is 0 Å². The smallest absolute Gasteiger partial charge is 0.402 e. The second-order valence-corrected chi connectivity index (χ2v) is 4.65. The van der Waals surface area contributed by atoms with Crippen LogP contribution >= 0.6 is 0 Å². The zero-order valence-electron chi connectivity index (χ0n) is 10.8. The Balaban J connectivity index is 0. The fraction of sp³-hybridized carbons (Fsp3) is 0.545. The maximum absolute atomic E-state index is 11.0. The van der Waals surface area contributed by atoms with Crippen molar-refractivity contribution in [1.29, 1.82) is 0 Å². The predicted molar refractivity (Wildman–Crippen MR) is 66.2 cm³/mol. The summed E-state index contributed by atoms with van der Waals surface area (Å²) in [6.07, 6.45) is 0.883. The molecule has 1 aliphatic rings. The normalized spacial score (nSPS) is 16.2. The number of hydrogen-bond acceptors (Lipinski definition) is 3. The van der Waals surface area contributed by atoms with Crippen LogP contribution in [0.4, 0.5) is 9.59 Å². The van der Waals surface area contributed by atoms with Gasteiger partial charge in [0.15, 0.2) is 5.78 Å². The lowest BCUT2D eigenvalue weighted by Crippen LogP contribution is -2.20. The highest BCUT2D eigenvalue weighted by Crippen LogP contribution is 2.32. The summed E-state index contributed by atoms with van der Waals surface area (Å²) in [5.74, 6) is 0.286. The minimum atomic E-state index is -1.33. The molecular formula is C11H20N2O5. The first-order chi connectivity index (χ1) is 7.96. The summed E-state index contributed by atoms with van der Waals surface area (Å²) in [7, 11) is 0. The highest BCUT2D eigenvalue weighted by molar-refractivity contribution is 5.91. The van der Waals surface area contributed by atoms with E-state index in [1.807, 2.05) is 6.92 Å². The summed E-state index contributed by atoms with van der Waals surface area (Å²) in [6.45, 7) is 6.31. The molecule has 0 fully saturated rings. The van der Waals surface area contributed by atoms with Crippen LogP contribution in [0.15, 0.2) is 11.6 Å². The number of carboxylic acid groups (broad SMARTS) is 2. The van der Waals surface area contributed by atoms with Gasteiger partial charge < -0.3 is 21.7 Å². The number of primary amides is 2. The number of carbonyl (C=O) groups excluding carboxylic acids is 1. The maximum atomic E-state index is 11.0. The van der Waals surface area contributed by atoms with E-state index in [1.165, 1.54) is 5.57 Å². The predicted octanol–water partition coefficient (Wildman–Crippen LogP) is 1.57. The van der Waals surface area contributed by atoms with Crippen molar-refractivity contribution in [3.63, 3.8) is 0 Å². The lowest BCUT2D eigenvalue weighted by atomic mass is 9.77. The van der Waals surface area contributed by atoms with Crippen molar-refractivity contribution >= 4 is 18.0 Å². The van der Waals surface area contributed by atoms with Crippen LogP contribution in [-0.2, 0) is 4.79 Å². The van der Waals surface area contributed by atoms with Crippen molar-refractivity contribution in [3.8, 4) is 0 Å². The third kappa shape index (κ3) is 16.4. The number of carbonyl (C=O) groups is 3. The molecule has 0 bridgehead atoms. The van der Waals surface area contributed by atoms with Crippen LogP contribution in [-0.4, -0.2) is 28.2 Å². The third-order valence-corrected chi connectivity index (χ3v) is 1.82. The van der Waals surface area contributed by atoms with Gasteiger partial charge in [-0.05, 0) is 24.8 Å². The monoisotopic (exact) mass is 260 g/mol. The van der Waals surface area contributed by atoms with Crippen molar-refractivity contribution in [3.05, 3.63) is 11.6 Å². The summed E-state index contributed by atoms with van der Waals surface area (Å²) >= 11 is 0. The van der Waals surface area contributed by atoms with Gasteiger partial charge in [-0.2, -0.15) is 0 Å². The minimum Gasteiger partial charge on any atom is -0.465 e. The standard InChI is InChI=1S/C9H14O.2CH3NO2/c1-7-4-8(10)6-9(2,3)5-7;2*2-1(3)4/h4H,5-6H2,1-3H3;2*2H2,(H,3,4). The average molecular weight is 260 g/mol. The summed E-state index contributed by atoms with van der Waals surface area (Å²) in [4.78, 5) is 28.6. The molecule has 0 saturated heterocycles. The topological polar surface area (TPSA) is 144 Å². The molecule has 7 heteroatoms. The van der Waals surface area contributed by atoms with Crippen LogP contribution in [0.3, 0.4) is 0 Å². The second-order valence-electron chi connectivity index (χ2n) is 4.65. The van der Waals surface area contributed by atoms with E-state index in [1.54, 1.807) is 6.08 Å². The van der Waals surface area contributed by atoms with E-state index < -0.39 is 12.2 Å². The molecule has 6 N–H and O–H groups in total. The van der Waals surface area contributed by atoms with Crippen LogP contribution in [0, 0.1) is 5.41 Å². The van der Waals surface area contributed by atoms with Crippen molar-refractivity contribution in [2.45, 2.75) is 33.6 Å². The zero-order valence-corrected chi connectivity index (χ0v) is 10.8. The molecule has 0 aromatic carbocycles. The van der Waals surface area contributed by atoms with E-state index in [2.05, 4.69) is 25.3 Å². The molecule has 0 aromatic rings. The number of hydrogen-bond donors (Lipinski definition) is 4. The molecule has 0 heterocycles. The van der Waals surface area contributed by atoms with Gasteiger partial charge in [-0.1, -0.05) is 19.4 Å². The van der Waals surface area contributed by atoms with Gasteiger partial charge in [-0.15, -0.1) is 0 Å². The second kappa shape index (κ2) is 8.10. The minimum absolute atomic E-state index is 0.204. The van der Waals surface area contributed by atoms with Crippen LogP contribution < -0.4 is 11.5 Å². The molecule has 18 heavy (non-hydrogen) atoms. The molecule has 7 nitrogen and oxygen atoms in total. The van der Waals surface area contributed by atoms with Gasteiger partial charge in [-0.25, -0.2) is 9.59 Å². The van der Waals surface area contributed by atoms with Crippen LogP contribution in [0.5, 0.6) is 0 Å². The highest BCUT2D eigenvalue weighted by atomic mass is 16.4. The van der Waals surface area contributed by atoms with Crippen molar-refractivity contribution in [2.24, 2.45) is 16.9 Å². The van der Waals surface area contributed by atoms with Crippen molar-refractivity contribution < 1.29 is 24.6 Å². The van der Waals surface area contributed by atoms with Gasteiger partial charge in [0, 0.05) is 6.42 Å². The fourth-order valence-corrected chi connectivity index (χ4v) is 1.67. The number of rotatable bonds is 0. The van der Waals surface area contributed by atoms with E-state index in [4.69, 9.17) is 19.8 Å². The van der Waals surface area contributed by atoms with E-state index in [-0.39, 0.29) is 11.2 Å². The first-order valence-corrected chi connectivity index (χ1v) is 5.13. The molecule has 0 saturated carbocycles. The first-order valence-electron chi connectivity index (χ1n) is 5.13. The molecule has 1 rings (SSSR count). The van der Waals surface area contributed by atoms with E-state index in [0.717, 1.165) is 6.42 Å². The molecule has 0 spiro atoms. The first kappa shape index (κ1) is 18.3. The maximum Gasteiger partial charge on any atom is 0.402 e. The summed E-state index contributed by atoms with van der Waals surface area (Å²) in [6, 6.07) is 0. The Kier molecular flexibility index (Phi) is 8.25. The van der Waals surface area contributed by atoms with Crippen molar-refractivity contribution in [1.82, 2.24) is 0 Å². The Morgan fingerprint density at radius 2 is 1.50 bits per heavy atom. The Hall–Kier alpha value is -2.05. The van der Waals surface area contributed by atoms with Crippen LogP contribution in [0.25, 0.3) is 0 Å². The molecule has 2 amide bonds. The Bertz CT molecular complexity index is 327. The molecule has 0 unspecified atom stereocenters. The lowest BCUT2D eigenvalue weighted by molar-refractivity contribution is -0.117. The van der Waals surface area contributed by atoms with Crippen molar-refractivity contribution in [2.75, 3.05) is 0 Å². The highest BCUT2D eigenvalue weighted by Gasteiger charge is 2.25. The summed E-state index contributed by atoms with van der Waals surface area (Å²) in [5.41, 5.74) is 9.48. The molecule has 1 aliphatic carbocycles. The largest absolute Gasteiger partial charge is 0.465 e. The van der Waals surface area contributed by atoms with Gasteiger partial charge in [0.05, 0.1) is 0 Å². The Morgan fingerprint density at radius 3 is 1.72 bits per heavy atom. The van der Waals surface area contributed by atoms with E-state index in [9.17, 15) is 4.79 Å². The average Bonchev–Trinajstić information content (AvgIpc) is 1.94. The number of ketones is 1. The SMILES string of the molecule is CC1=CC(=O)CC(C)(C)C1.NC(=O)O.NC(=O)O. The zero-order chi connectivity index (χ0) is 14.9.